The molecule has 0 aliphatic heterocycles. The molecule has 1 aromatic heterocycles. The van der Waals surface area contributed by atoms with Gasteiger partial charge in [-0.05, 0) is 12.8 Å². The summed E-state index contributed by atoms with van der Waals surface area (Å²) in [5.74, 6) is 5.38. The van der Waals surface area contributed by atoms with E-state index in [9.17, 15) is 0 Å². The Morgan fingerprint density at radius 2 is 1.22 bits per heavy atom. The van der Waals surface area contributed by atoms with E-state index in [1.807, 2.05) is 0 Å². The molecule has 6 nitrogen and oxygen atoms in total. The Morgan fingerprint density at radius 1 is 0.778 bits per heavy atom. The van der Waals surface area contributed by atoms with Gasteiger partial charge in [0.2, 0.25) is 6.33 Å². The second-order valence-electron chi connectivity index (χ2n) is 6.88. The third kappa shape index (κ3) is 11.5. The molecular weight excluding hydrogens is 335 g/mol. The molecule has 7 heteroatoms. The SMILES string of the molecule is CCCCCCCCCCCCn1cc[n+](C)c1.N#C[B-](C#N)(C#N)C#N. The molecule has 0 bridgehead atoms. The molecule has 0 unspecified atom stereocenters. The summed E-state index contributed by atoms with van der Waals surface area (Å²) in [5.41, 5.74) is 0. The molecule has 0 aliphatic carbocycles. The van der Waals surface area contributed by atoms with Crippen LogP contribution >= 0.6 is 0 Å². The van der Waals surface area contributed by atoms with Crippen LogP contribution in [0, 0.1) is 44.9 Å². The highest BCUT2D eigenvalue weighted by Crippen LogP contribution is 2.10. The van der Waals surface area contributed by atoms with Crippen molar-refractivity contribution < 1.29 is 4.57 Å². The topological polar surface area (TPSA) is 104 Å². The zero-order valence-electron chi connectivity index (χ0n) is 16.8. The summed E-state index contributed by atoms with van der Waals surface area (Å²) < 4.78 is 4.39. The van der Waals surface area contributed by atoms with E-state index in [4.69, 9.17) is 21.0 Å². The molecule has 0 atom stereocenters. The van der Waals surface area contributed by atoms with Gasteiger partial charge < -0.3 is 0 Å². The molecule has 1 rings (SSSR count). The molecule has 0 fully saturated rings. The fourth-order valence-corrected chi connectivity index (χ4v) is 2.59. The number of aromatic nitrogens is 2. The number of hydrogen-bond acceptors (Lipinski definition) is 4. The van der Waals surface area contributed by atoms with Crippen molar-refractivity contribution >= 4 is 6.15 Å². The minimum absolute atomic E-state index is 1.18. The standard InChI is InChI=1S/C16H31N2.C4BN4/c1-3-4-5-6-7-8-9-10-11-12-13-18-15-14-17(2)16-18;6-1-5(2-7,3-8)4-9/h14-16H,3-13H2,1-2H3;/q+1;-1. The highest BCUT2D eigenvalue weighted by molar-refractivity contribution is 7.05. The van der Waals surface area contributed by atoms with Gasteiger partial charge in [0.25, 0.3) is 0 Å². The fraction of sp³-hybridized carbons (Fsp3) is 0.650. The number of hydrogen-bond donors (Lipinski definition) is 0. The first-order valence-electron chi connectivity index (χ1n) is 9.89. The lowest BCUT2D eigenvalue weighted by Crippen LogP contribution is -2.26. The van der Waals surface area contributed by atoms with Crippen LogP contribution in [0.15, 0.2) is 18.7 Å². The zero-order valence-corrected chi connectivity index (χ0v) is 16.8. The van der Waals surface area contributed by atoms with E-state index in [2.05, 4.69) is 41.8 Å². The Labute approximate surface area is 164 Å². The van der Waals surface area contributed by atoms with Crippen molar-refractivity contribution in [3.05, 3.63) is 18.7 Å². The van der Waals surface area contributed by atoms with Gasteiger partial charge in [0.1, 0.15) is 12.4 Å². The molecule has 0 aliphatic rings. The van der Waals surface area contributed by atoms with E-state index in [1.54, 1.807) is 0 Å². The molecule has 0 radical (unpaired) electrons. The van der Waals surface area contributed by atoms with E-state index in [0.717, 1.165) is 0 Å². The number of rotatable bonds is 11. The molecule has 1 aromatic rings. The summed E-state index contributed by atoms with van der Waals surface area (Å²) in [5, 5.41) is 32.3. The molecule has 27 heavy (non-hydrogen) atoms. The summed E-state index contributed by atoms with van der Waals surface area (Å²) in [6, 6.07) is 0. The van der Waals surface area contributed by atoms with E-state index in [1.165, 1.54) is 94.6 Å². The Kier molecular flexibility index (Phi) is 13.9. The predicted octanol–water partition coefficient (Wildman–Crippen LogP) is 3.92. The van der Waals surface area contributed by atoms with Gasteiger partial charge in [-0.2, -0.15) is 0 Å². The fourth-order valence-electron chi connectivity index (χ4n) is 2.59. The van der Waals surface area contributed by atoms with Crippen molar-refractivity contribution in [2.45, 2.75) is 77.7 Å². The maximum Gasteiger partial charge on any atom is 0.383 e. The van der Waals surface area contributed by atoms with Gasteiger partial charge >= 0.3 is 6.15 Å². The highest BCUT2D eigenvalue weighted by Gasteiger charge is 2.22. The zero-order chi connectivity index (χ0) is 20.4. The summed E-state index contributed by atoms with van der Waals surface area (Å²) in [7, 11) is 2.08. The van der Waals surface area contributed by atoms with Crippen LogP contribution < -0.4 is 4.57 Å². The molecule has 0 aromatic carbocycles. The summed E-state index contributed by atoms with van der Waals surface area (Å²) in [6.45, 7) is 3.46. The first-order chi connectivity index (χ1) is 13.1. The maximum absolute atomic E-state index is 8.09. The molecular formula is C20H31BN6. The van der Waals surface area contributed by atoms with Crippen LogP contribution in [0.25, 0.3) is 0 Å². The minimum atomic E-state index is -2.72. The second kappa shape index (κ2) is 15.5. The lowest BCUT2D eigenvalue weighted by molar-refractivity contribution is -0.671. The van der Waals surface area contributed by atoms with Gasteiger partial charge in [-0.3, -0.25) is 0 Å². The number of nitrogens with zero attached hydrogens (tertiary/aromatic N) is 6. The molecule has 0 saturated heterocycles. The maximum atomic E-state index is 8.09. The number of unbranched alkanes of at least 4 members (excludes halogenated alkanes) is 9. The monoisotopic (exact) mass is 366 g/mol. The highest BCUT2D eigenvalue weighted by atomic mass is 15.1. The van der Waals surface area contributed by atoms with Crippen LogP contribution in [0.5, 0.6) is 0 Å². The Balaban J connectivity index is 0.000000636. The molecule has 144 valence electrons. The normalized spacial score (nSPS) is 9.85. The largest absolute Gasteiger partial charge is 0.383 e. The molecule has 1 heterocycles. The molecule has 0 saturated carbocycles. The van der Waals surface area contributed by atoms with Gasteiger partial charge in [-0.1, -0.05) is 58.3 Å². The third-order valence-electron chi connectivity index (χ3n) is 4.37. The van der Waals surface area contributed by atoms with Crippen LogP contribution in [0.2, 0.25) is 0 Å². The van der Waals surface area contributed by atoms with Gasteiger partial charge in [-0.15, -0.1) is 23.9 Å². The minimum Gasteiger partial charge on any atom is -0.245 e. The Morgan fingerprint density at radius 3 is 1.56 bits per heavy atom. The van der Waals surface area contributed by atoms with Crippen LogP contribution in [0.1, 0.15) is 71.1 Å². The van der Waals surface area contributed by atoms with Gasteiger partial charge in [0.05, 0.1) is 13.6 Å². The summed E-state index contributed by atoms with van der Waals surface area (Å²) in [6.07, 6.45) is 17.8. The molecule has 0 amide bonds. The van der Waals surface area contributed by atoms with Crippen molar-refractivity contribution in [2.75, 3.05) is 0 Å². The van der Waals surface area contributed by atoms with Gasteiger partial charge in [0.15, 0.2) is 0 Å². The van der Waals surface area contributed by atoms with Crippen LogP contribution in [0.3, 0.4) is 0 Å². The quantitative estimate of drug-likeness (QED) is 0.336. The van der Waals surface area contributed by atoms with E-state index >= 15 is 0 Å². The summed E-state index contributed by atoms with van der Waals surface area (Å²) in [4.78, 5) is 0. The van der Waals surface area contributed by atoms with E-state index in [0.29, 0.717) is 0 Å². The predicted molar refractivity (Wildman–Crippen MR) is 106 cm³/mol. The van der Waals surface area contributed by atoms with Crippen molar-refractivity contribution in [3.8, 4) is 23.9 Å². The second-order valence-corrected chi connectivity index (χ2v) is 6.88. The average molecular weight is 366 g/mol. The number of nitriles is 4. The van der Waals surface area contributed by atoms with E-state index in [-0.39, 0.29) is 0 Å². The Hall–Kier alpha value is -2.77. The molecule has 0 N–H and O–H groups in total. The van der Waals surface area contributed by atoms with Crippen molar-refractivity contribution in [2.24, 2.45) is 7.05 Å². The lowest BCUT2D eigenvalue weighted by atomic mass is 9.30. The Bertz CT molecular complexity index is 622. The number of imidazole rings is 1. The van der Waals surface area contributed by atoms with Crippen molar-refractivity contribution in [3.63, 3.8) is 0 Å². The lowest BCUT2D eigenvalue weighted by Gasteiger charge is -2.01. The van der Waals surface area contributed by atoms with Crippen LogP contribution in [-0.4, -0.2) is 10.7 Å². The smallest absolute Gasteiger partial charge is 0.245 e. The third-order valence-corrected chi connectivity index (χ3v) is 4.37. The summed E-state index contributed by atoms with van der Waals surface area (Å²) >= 11 is 0. The average Bonchev–Trinajstić information content (AvgIpc) is 3.11. The first kappa shape index (κ1) is 24.2. The van der Waals surface area contributed by atoms with Crippen LogP contribution in [0.4, 0.5) is 0 Å². The van der Waals surface area contributed by atoms with Gasteiger partial charge in [-0.25, -0.2) is 30.2 Å². The van der Waals surface area contributed by atoms with E-state index < -0.39 is 6.15 Å². The van der Waals surface area contributed by atoms with Gasteiger partial charge in [0, 0.05) is 0 Å². The van der Waals surface area contributed by atoms with Crippen molar-refractivity contribution in [1.29, 1.82) is 21.0 Å². The first-order valence-corrected chi connectivity index (χ1v) is 9.89. The molecule has 0 spiro atoms. The number of aryl methyl sites for hydroxylation is 2. The van der Waals surface area contributed by atoms with Crippen LogP contribution in [-0.2, 0) is 13.6 Å². The van der Waals surface area contributed by atoms with Crippen molar-refractivity contribution in [1.82, 2.24) is 4.57 Å².